The fraction of sp³-hybridized carbons (Fsp3) is 1.00. The van der Waals surface area contributed by atoms with Crippen LogP contribution in [-0.2, 0) is 0 Å². The smallest absolute Gasteiger partial charge is 0.0590 e. The van der Waals surface area contributed by atoms with Crippen LogP contribution in [0.15, 0.2) is 0 Å². The molecule has 3 N–H and O–H groups in total. The van der Waals surface area contributed by atoms with Crippen LogP contribution in [0.25, 0.3) is 0 Å². The van der Waals surface area contributed by atoms with E-state index in [0.717, 1.165) is 32.1 Å². The van der Waals surface area contributed by atoms with Crippen molar-refractivity contribution in [3.8, 4) is 0 Å². The quantitative estimate of drug-likeness (QED) is 0.512. The van der Waals surface area contributed by atoms with Crippen LogP contribution in [0.1, 0.15) is 72.1 Å². The first-order valence-corrected chi connectivity index (χ1v) is 8.07. The Balaban J connectivity index is 3.90. The van der Waals surface area contributed by atoms with Gasteiger partial charge in [0.2, 0.25) is 0 Å². The van der Waals surface area contributed by atoms with Crippen molar-refractivity contribution in [3.05, 3.63) is 0 Å². The molecule has 0 aliphatic rings. The number of hydrogen-bond donors (Lipinski definition) is 3. The van der Waals surface area contributed by atoms with Crippen molar-refractivity contribution in [3.63, 3.8) is 0 Å². The lowest BCUT2D eigenvalue weighted by Crippen LogP contribution is -2.24. The third-order valence-electron chi connectivity index (χ3n) is 4.30. The minimum Gasteiger partial charge on any atom is -0.396 e. The third-order valence-corrected chi connectivity index (χ3v) is 4.30. The second-order valence-corrected chi connectivity index (χ2v) is 5.73. The first kappa shape index (κ1) is 18.9. The molecule has 4 atom stereocenters. The summed E-state index contributed by atoms with van der Waals surface area (Å²) in [6.45, 7) is 6.34. The zero-order valence-corrected chi connectivity index (χ0v) is 13.0. The topological polar surface area (TPSA) is 60.7 Å². The van der Waals surface area contributed by atoms with E-state index >= 15 is 0 Å². The van der Waals surface area contributed by atoms with E-state index in [-0.39, 0.29) is 18.6 Å². The normalized spacial score (nSPS) is 18.0. The van der Waals surface area contributed by atoms with E-state index in [1.165, 1.54) is 12.8 Å². The molecule has 0 radical (unpaired) electrons. The maximum Gasteiger partial charge on any atom is 0.0590 e. The van der Waals surface area contributed by atoms with E-state index in [9.17, 15) is 10.2 Å². The highest BCUT2D eigenvalue weighted by molar-refractivity contribution is 4.71. The monoisotopic (exact) mass is 274 g/mol. The molecule has 3 heteroatoms. The number of aliphatic hydroxyl groups is 3. The molecule has 116 valence electrons. The molecule has 0 aromatic rings. The highest BCUT2D eigenvalue weighted by Crippen LogP contribution is 2.22. The lowest BCUT2D eigenvalue weighted by Gasteiger charge is -2.23. The zero-order chi connectivity index (χ0) is 14.7. The Bertz CT molecular complexity index is 192. The second-order valence-electron chi connectivity index (χ2n) is 5.73. The van der Waals surface area contributed by atoms with E-state index in [0.29, 0.717) is 12.3 Å². The van der Waals surface area contributed by atoms with Gasteiger partial charge in [0.25, 0.3) is 0 Å². The molecule has 0 bridgehead atoms. The first-order chi connectivity index (χ1) is 9.10. The summed E-state index contributed by atoms with van der Waals surface area (Å²) in [6.07, 6.45) is 6.90. The van der Waals surface area contributed by atoms with Crippen molar-refractivity contribution in [2.24, 2.45) is 11.8 Å². The summed E-state index contributed by atoms with van der Waals surface area (Å²) in [7, 11) is 0. The van der Waals surface area contributed by atoms with Crippen LogP contribution in [0, 0.1) is 11.8 Å². The summed E-state index contributed by atoms with van der Waals surface area (Å²) >= 11 is 0. The molecule has 0 aliphatic carbocycles. The molecular weight excluding hydrogens is 240 g/mol. The van der Waals surface area contributed by atoms with Crippen molar-refractivity contribution in [2.75, 3.05) is 6.61 Å². The van der Waals surface area contributed by atoms with Crippen LogP contribution in [0.2, 0.25) is 0 Å². The minimum absolute atomic E-state index is 0.0146. The van der Waals surface area contributed by atoms with Crippen LogP contribution in [0.4, 0.5) is 0 Å². The van der Waals surface area contributed by atoms with Crippen LogP contribution >= 0.6 is 0 Å². The molecule has 4 unspecified atom stereocenters. The van der Waals surface area contributed by atoms with Gasteiger partial charge in [-0.2, -0.15) is 0 Å². The number of unbranched alkanes of at least 4 members (excludes halogenated alkanes) is 1. The van der Waals surface area contributed by atoms with Crippen molar-refractivity contribution in [1.82, 2.24) is 0 Å². The molecule has 0 heterocycles. The number of rotatable bonds is 12. The lowest BCUT2D eigenvalue weighted by atomic mass is 9.89. The maximum atomic E-state index is 10.2. The summed E-state index contributed by atoms with van der Waals surface area (Å²) in [5.41, 5.74) is 0. The second kappa shape index (κ2) is 11.7. The number of hydrogen-bond acceptors (Lipinski definition) is 3. The van der Waals surface area contributed by atoms with Crippen molar-refractivity contribution in [2.45, 2.75) is 84.3 Å². The van der Waals surface area contributed by atoms with Crippen LogP contribution in [0.5, 0.6) is 0 Å². The van der Waals surface area contributed by atoms with Gasteiger partial charge in [-0.25, -0.2) is 0 Å². The lowest BCUT2D eigenvalue weighted by molar-refractivity contribution is 0.0466. The van der Waals surface area contributed by atoms with Crippen molar-refractivity contribution >= 4 is 0 Å². The predicted molar refractivity (Wildman–Crippen MR) is 80.0 cm³/mol. The summed E-state index contributed by atoms with van der Waals surface area (Å²) in [6, 6.07) is 0. The van der Waals surface area contributed by atoms with Gasteiger partial charge in [0.15, 0.2) is 0 Å². The number of aliphatic hydroxyl groups excluding tert-OH is 3. The predicted octanol–water partition coefficient (Wildman–Crippen LogP) is 3.11. The van der Waals surface area contributed by atoms with Crippen molar-refractivity contribution < 1.29 is 15.3 Å². The van der Waals surface area contributed by atoms with E-state index < -0.39 is 6.10 Å². The fourth-order valence-electron chi connectivity index (χ4n) is 2.67. The fourth-order valence-corrected chi connectivity index (χ4v) is 2.67. The Morgan fingerprint density at radius 2 is 1.26 bits per heavy atom. The Morgan fingerprint density at radius 3 is 1.68 bits per heavy atom. The Morgan fingerprint density at radius 1 is 0.737 bits per heavy atom. The standard InChI is InChI=1S/C16H34O3/c1-4-7-9-13(5-2)15(18)10-8-11-16(19)14(6-3)12-17/h13-19H,4-12H2,1-3H3. The SMILES string of the molecule is CCCCC(CC)C(O)CCCC(O)C(CC)CO. The Labute approximate surface area is 119 Å². The van der Waals surface area contributed by atoms with Crippen LogP contribution in [0.3, 0.4) is 0 Å². The molecular formula is C16H34O3. The summed E-state index contributed by atoms with van der Waals surface area (Å²) in [5, 5.41) is 29.2. The average Bonchev–Trinajstić information content (AvgIpc) is 2.41. The van der Waals surface area contributed by atoms with Gasteiger partial charge in [0.05, 0.1) is 12.2 Å². The van der Waals surface area contributed by atoms with Crippen molar-refractivity contribution in [1.29, 1.82) is 0 Å². The highest BCUT2D eigenvalue weighted by Gasteiger charge is 2.19. The third kappa shape index (κ3) is 7.91. The molecule has 0 amide bonds. The molecule has 0 fully saturated rings. The Kier molecular flexibility index (Phi) is 11.6. The maximum absolute atomic E-state index is 10.2. The molecule has 0 saturated carbocycles. The van der Waals surface area contributed by atoms with E-state index in [4.69, 9.17) is 5.11 Å². The average molecular weight is 274 g/mol. The zero-order valence-electron chi connectivity index (χ0n) is 13.0. The van der Waals surface area contributed by atoms with Gasteiger partial charge in [-0.3, -0.25) is 0 Å². The molecule has 0 saturated heterocycles. The molecule has 0 rings (SSSR count). The Hall–Kier alpha value is -0.120. The van der Waals surface area contributed by atoms with Crippen LogP contribution in [-0.4, -0.2) is 34.1 Å². The molecule has 0 aromatic heterocycles. The van der Waals surface area contributed by atoms with E-state index in [1.54, 1.807) is 0 Å². The summed E-state index contributed by atoms with van der Waals surface area (Å²) in [5.74, 6) is 0.385. The van der Waals surface area contributed by atoms with Crippen LogP contribution < -0.4 is 0 Å². The molecule has 3 nitrogen and oxygen atoms in total. The van der Waals surface area contributed by atoms with Gasteiger partial charge >= 0.3 is 0 Å². The first-order valence-electron chi connectivity index (χ1n) is 8.07. The van der Waals surface area contributed by atoms with Gasteiger partial charge in [-0.15, -0.1) is 0 Å². The van der Waals surface area contributed by atoms with Gasteiger partial charge in [0, 0.05) is 12.5 Å². The van der Waals surface area contributed by atoms with Gasteiger partial charge in [0.1, 0.15) is 0 Å². The van der Waals surface area contributed by atoms with Gasteiger partial charge in [-0.05, 0) is 38.0 Å². The largest absolute Gasteiger partial charge is 0.396 e. The molecule has 0 aliphatic heterocycles. The molecule has 0 aromatic carbocycles. The summed E-state index contributed by atoms with van der Waals surface area (Å²) in [4.78, 5) is 0. The molecule has 19 heavy (non-hydrogen) atoms. The van der Waals surface area contributed by atoms with E-state index in [2.05, 4.69) is 13.8 Å². The summed E-state index contributed by atoms with van der Waals surface area (Å²) < 4.78 is 0. The van der Waals surface area contributed by atoms with E-state index in [1.807, 2.05) is 6.92 Å². The minimum atomic E-state index is -0.432. The van der Waals surface area contributed by atoms with Gasteiger partial charge < -0.3 is 15.3 Å². The highest BCUT2D eigenvalue weighted by atomic mass is 16.3. The van der Waals surface area contributed by atoms with Gasteiger partial charge in [-0.1, -0.05) is 40.0 Å². The molecule has 0 spiro atoms.